The van der Waals surface area contributed by atoms with E-state index >= 15 is 0 Å². The molecule has 0 aromatic carbocycles. The maximum absolute atomic E-state index is 11.8. The van der Waals surface area contributed by atoms with Gasteiger partial charge in [0.1, 0.15) is 6.04 Å². The molecule has 8 heteroatoms. The molecule has 0 saturated heterocycles. The van der Waals surface area contributed by atoms with Crippen LogP contribution in [-0.4, -0.2) is 57.1 Å². The van der Waals surface area contributed by atoms with Gasteiger partial charge in [0, 0.05) is 20.7 Å². The molecular formula is C10H22N2O5S. The van der Waals surface area contributed by atoms with Gasteiger partial charge in [-0.25, -0.2) is 0 Å². The lowest BCUT2D eigenvalue weighted by molar-refractivity contribution is -0.139. The molecule has 0 fully saturated rings. The Morgan fingerprint density at radius 2 is 2.00 bits per heavy atom. The van der Waals surface area contributed by atoms with Crippen molar-refractivity contribution >= 4 is 16.2 Å². The molecule has 0 aliphatic rings. The minimum atomic E-state index is -3.80. The van der Waals surface area contributed by atoms with Gasteiger partial charge in [0.15, 0.2) is 0 Å². The highest BCUT2D eigenvalue weighted by atomic mass is 32.2. The molecule has 0 unspecified atom stereocenters. The van der Waals surface area contributed by atoms with Crippen molar-refractivity contribution in [1.29, 1.82) is 0 Å². The van der Waals surface area contributed by atoms with E-state index in [1.54, 1.807) is 0 Å². The van der Waals surface area contributed by atoms with Crippen molar-refractivity contribution in [3.63, 3.8) is 0 Å². The zero-order valence-corrected chi connectivity index (χ0v) is 12.0. The average Bonchev–Trinajstić information content (AvgIpc) is 2.23. The average molecular weight is 282 g/mol. The van der Waals surface area contributed by atoms with Crippen molar-refractivity contribution in [2.24, 2.45) is 5.92 Å². The smallest absolute Gasteiger partial charge is 0.321 e. The molecule has 0 aliphatic carbocycles. The third-order valence-corrected chi connectivity index (χ3v) is 3.90. The number of carboxylic acids is 1. The fourth-order valence-corrected chi connectivity index (χ4v) is 2.33. The Balaban J connectivity index is 4.64. The van der Waals surface area contributed by atoms with Gasteiger partial charge in [0.05, 0.1) is 6.61 Å². The highest BCUT2D eigenvalue weighted by Crippen LogP contribution is 2.07. The second-order valence-corrected chi connectivity index (χ2v) is 6.27. The van der Waals surface area contributed by atoms with E-state index in [0.29, 0.717) is 0 Å². The number of likely N-dealkylation sites (N-methyl/N-ethyl adjacent to an activating group) is 1. The maximum Gasteiger partial charge on any atom is 0.321 e. The van der Waals surface area contributed by atoms with E-state index in [1.807, 2.05) is 13.8 Å². The third kappa shape index (κ3) is 6.29. The van der Waals surface area contributed by atoms with Crippen LogP contribution in [-0.2, 0) is 19.7 Å². The van der Waals surface area contributed by atoms with Crippen molar-refractivity contribution in [2.75, 3.05) is 27.3 Å². The summed E-state index contributed by atoms with van der Waals surface area (Å²) in [4.78, 5) is 11.0. The summed E-state index contributed by atoms with van der Waals surface area (Å²) in [5.41, 5.74) is 0. The lowest BCUT2D eigenvalue weighted by Gasteiger charge is -2.21. The fourth-order valence-electron chi connectivity index (χ4n) is 1.28. The maximum atomic E-state index is 11.8. The van der Waals surface area contributed by atoms with Crippen molar-refractivity contribution < 1.29 is 23.1 Å². The molecule has 0 spiro atoms. The molecule has 0 aromatic heterocycles. The number of ether oxygens (including phenoxy) is 1. The van der Waals surface area contributed by atoms with Crippen LogP contribution < -0.4 is 4.72 Å². The monoisotopic (exact) mass is 282 g/mol. The molecule has 108 valence electrons. The van der Waals surface area contributed by atoms with E-state index < -0.39 is 22.2 Å². The number of methoxy groups -OCH3 is 1. The molecular weight excluding hydrogens is 260 g/mol. The van der Waals surface area contributed by atoms with E-state index in [9.17, 15) is 13.2 Å². The molecule has 1 atom stereocenters. The third-order valence-electron chi connectivity index (χ3n) is 2.32. The van der Waals surface area contributed by atoms with Crippen LogP contribution in [0.15, 0.2) is 0 Å². The molecule has 0 saturated carbocycles. The summed E-state index contributed by atoms with van der Waals surface area (Å²) >= 11 is 0. The van der Waals surface area contributed by atoms with E-state index in [2.05, 4.69) is 4.72 Å². The molecule has 0 aromatic rings. The Kier molecular flexibility index (Phi) is 7.37. The van der Waals surface area contributed by atoms with Crippen LogP contribution >= 0.6 is 0 Å². The molecule has 0 aliphatic heterocycles. The Labute approximate surface area is 108 Å². The zero-order valence-electron chi connectivity index (χ0n) is 11.2. The van der Waals surface area contributed by atoms with Crippen LogP contribution in [0.25, 0.3) is 0 Å². The van der Waals surface area contributed by atoms with E-state index in [1.165, 1.54) is 14.2 Å². The topological polar surface area (TPSA) is 95.9 Å². The van der Waals surface area contributed by atoms with Gasteiger partial charge in [0.2, 0.25) is 0 Å². The van der Waals surface area contributed by atoms with Crippen LogP contribution in [0.4, 0.5) is 0 Å². The number of nitrogens with one attached hydrogen (secondary N) is 1. The summed E-state index contributed by atoms with van der Waals surface area (Å²) in [6, 6.07) is -1.11. The van der Waals surface area contributed by atoms with Crippen LogP contribution in [0.5, 0.6) is 0 Å². The number of carboxylic acid groups (broad SMARTS) is 1. The van der Waals surface area contributed by atoms with Crippen molar-refractivity contribution in [1.82, 2.24) is 9.03 Å². The first-order chi connectivity index (χ1) is 8.20. The highest BCUT2D eigenvalue weighted by Gasteiger charge is 2.27. The Bertz CT molecular complexity index is 355. The Hall–Kier alpha value is -0.700. The lowest BCUT2D eigenvalue weighted by atomic mass is 10.1. The highest BCUT2D eigenvalue weighted by molar-refractivity contribution is 7.87. The lowest BCUT2D eigenvalue weighted by Crippen LogP contribution is -2.48. The van der Waals surface area contributed by atoms with Crippen molar-refractivity contribution in [3.05, 3.63) is 0 Å². The van der Waals surface area contributed by atoms with Gasteiger partial charge in [-0.3, -0.25) is 4.79 Å². The normalized spacial score (nSPS) is 14.1. The number of carbonyl (C=O) groups is 1. The van der Waals surface area contributed by atoms with Gasteiger partial charge in [-0.1, -0.05) is 13.8 Å². The van der Waals surface area contributed by atoms with Gasteiger partial charge >= 0.3 is 5.97 Å². The summed E-state index contributed by atoms with van der Waals surface area (Å²) in [5.74, 6) is -1.09. The van der Waals surface area contributed by atoms with Crippen LogP contribution in [0.1, 0.15) is 20.3 Å². The number of aliphatic carboxylic acids is 1. The minimum absolute atomic E-state index is 0.0816. The van der Waals surface area contributed by atoms with E-state index in [4.69, 9.17) is 9.84 Å². The van der Waals surface area contributed by atoms with Gasteiger partial charge in [-0.05, 0) is 12.3 Å². The first-order valence-electron chi connectivity index (χ1n) is 5.66. The summed E-state index contributed by atoms with van der Waals surface area (Å²) in [6.07, 6.45) is 0.243. The first kappa shape index (κ1) is 17.3. The summed E-state index contributed by atoms with van der Waals surface area (Å²) in [5, 5.41) is 8.97. The van der Waals surface area contributed by atoms with Gasteiger partial charge in [-0.2, -0.15) is 17.4 Å². The first-order valence-corrected chi connectivity index (χ1v) is 7.10. The molecule has 0 bridgehead atoms. The molecule has 0 rings (SSSR count). The van der Waals surface area contributed by atoms with E-state index in [0.717, 1.165) is 4.31 Å². The molecule has 0 radical (unpaired) electrons. The molecule has 7 nitrogen and oxygen atoms in total. The molecule has 18 heavy (non-hydrogen) atoms. The number of nitrogens with zero attached hydrogens (tertiary/aromatic N) is 1. The molecule has 0 heterocycles. The fraction of sp³-hybridized carbons (Fsp3) is 0.900. The molecule has 0 amide bonds. The largest absolute Gasteiger partial charge is 0.480 e. The number of hydrogen-bond acceptors (Lipinski definition) is 4. The predicted molar refractivity (Wildman–Crippen MR) is 67.4 cm³/mol. The Morgan fingerprint density at radius 1 is 1.44 bits per heavy atom. The van der Waals surface area contributed by atoms with Crippen molar-refractivity contribution in [3.8, 4) is 0 Å². The Morgan fingerprint density at radius 3 is 2.39 bits per heavy atom. The zero-order chi connectivity index (χ0) is 14.3. The van der Waals surface area contributed by atoms with Gasteiger partial charge < -0.3 is 9.84 Å². The summed E-state index contributed by atoms with van der Waals surface area (Å²) < 4.78 is 31.6. The minimum Gasteiger partial charge on any atom is -0.480 e. The second-order valence-electron chi connectivity index (χ2n) is 4.46. The van der Waals surface area contributed by atoms with Crippen LogP contribution in [0.3, 0.4) is 0 Å². The standard InChI is InChI=1S/C10H22N2O5S/c1-8(2)7-9(10(13)14)11-18(15,16)12(3)5-6-17-4/h8-9,11H,5-7H2,1-4H3,(H,13,14)/t9-/m0/s1. The van der Waals surface area contributed by atoms with Crippen LogP contribution in [0.2, 0.25) is 0 Å². The van der Waals surface area contributed by atoms with Crippen molar-refractivity contribution in [2.45, 2.75) is 26.3 Å². The number of rotatable bonds is 9. The summed E-state index contributed by atoms with van der Waals surface area (Å²) in [7, 11) is -0.964. The van der Waals surface area contributed by atoms with Gasteiger partial charge in [0.25, 0.3) is 10.2 Å². The van der Waals surface area contributed by atoms with Crippen LogP contribution in [0, 0.1) is 5.92 Å². The summed E-state index contributed by atoms with van der Waals surface area (Å²) in [6.45, 7) is 4.08. The quantitative estimate of drug-likeness (QED) is 0.615. The molecule has 2 N–H and O–H groups in total. The number of hydrogen-bond donors (Lipinski definition) is 2. The van der Waals surface area contributed by atoms with E-state index in [-0.39, 0.29) is 25.5 Å². The SMILES string of the molecule is COCCN(C)S(=O)(=O)N[C@@H](CC(C)C)C(=O)O. The second kappa shape index (κ2) is 7.67. The predicted octanol–water partition coefficient (Wildman–Crippen LogP) is -0.102. The van der Waals surface area contributed by atoms with Gasteiger partial charge in [-0.15, -0.1) is 0 Å².